The zero-order valence-corrected chi connectivity index (χ0v) is 9.11. The summed E-state index contributed by atoms with van der Waals surface area (Å²) >= 11 is 4.79. The first-order valence-electron chi connectivity index (χ1n) is 3.22. The first-order valence-corrected chi connectivity index (χ1v) is 4.83. The SMILES string of the molecule is COC(=O)N(C)c1ccc(Br)s1. The monoisotopic (exact) mass is 249 g/mol. The molecule has 0 saturated carbocycles. The van der Waals surface area contributed by atoms with Crippen LogP contribution in [0.4, 0.5) is 9.80 Å². The van der Waals surface area contributed by atoms with E-state index in [2.05, 4.69) is 20.7 Å². The van der Waals surface area contributed by atoms with E-state index < -0.39 is 0 Å². The first kappa shape index (κ1) is 9.54. The minimum atomic E-state index is -0.357. The number of halogens is 1. The summed E-state index contributed by atoms with van der Waals surface area (Å²) < 4.78 is 5.55. The highest BCUT2D eigenvalue weighted by atomic mass is 79.9. The Morgan fingerprint density at radius 1 is 1.67 bits per heavy atom. The van der Waals surface area contributed by atoms with Crippen LogP contribution in [0.25, 0.3) is 0 Å². The molecule has 12 heavy (non-hydrogen) atoms. The molecule has 0 aliphatic rings. The molecule has 1 aromatic heterocycles. The molecule has 0 unspecified atom stereocenters. The Morgan fingerprint density at radius 2 is 2.33 bits per heavy atom. The van der Waals surface area contributed by atoms with E-state index in [9.17, 15) is 4.79 Å². The molecule has 66 valence electrons. The second-order valence-corrected chi connectivity index (χ2v) is 4.55. The normalized spacial score (nSPS) is 9.58. The summed E-state index contributed by atoms with van der Waals surface area (Å²) in [5, 5.41) is 0.855. The van der Waals surface area contributed by atoms with Crippen molar-refractivity contribution in [2.45, 2.75) is 0 Å². The summed E-state index contributed by atoms with van der Waals surface area (Å²) in [6.45, 7) is 0. The number of methoxy groups -OCH3 is 1. The number of thiophene rings is 1. The quantitative estimate of drug-likeness (QED) is 0.766. The molecule has 1 amide bonds. The summed E-state index contributed by atoms with van der Waals surface area (Å²) in [5.41, 5.74) is 0. The van der Waals surface area contributed by atoms with Gasteiger partial charge in [-0.1, -0.05) is 0 Å². The molecule has 0 bridgehead atoms. The molecule has 0 fully saturated rings. The van der Waals surface area contributed by atoms with Crippen LogP contribution in [-0.4, -0.2) is 20.3 Å². The van der Waals surface area contributed by atoms with Crippen molar-refractivity contribution >= 4 is 38.4 Å². The van der Waals surface area contributed by atoms with Crippen LogP contribution in [0.2, 0.25) is 0 Å². The van der Waals surface area contributed by atoms with Gasteiger partial charge in [0, 0.05) is 7.05 Å². The topological polar surface area (TPSA) is 29.5 Å². The van der Waals surface area contributed by atoms with Crippen molar-refractivity contribution in [1.29, 1.82) is 0 Å². The van der Waals surface area contributed by atoms with Gasteiger partial charge < -0.3 is 4.74 Å². The van der Waals surface area contributed by atoms with E-state index in [0.717, 1.165) is 8.79 Å². The van der Waals surface area contributed by atoms with Crippen molar-refractivity contribution in [2.75, 3.05) is 19.1 Å². The molecule has 3 nitrogen and oxygen atoms in total. The van der Waals surface area contributed by atoms with E-state index in [1.54, 1.807) is 7.05 Å². The molecule has 0 radical (unpaired) electrons. The number of anilines is 1. The largest absolute Gasteiger partial charge is 0.452 e. The van der Waals surface area contributed by atoms with Gasteiger partial charge in [0.25, 0.3) is 0 Å². The average molecular weight is 250 g/mol. The fourth-order valence-corrected chi connectivity index (χ4v) is 2.03. The fraction of sp³-hybridized carbons (Fsp3) is 0.286. The lowest BCUT2D eigenvalue weighted by atomic mass is 10.6. The van der Waals surface area contributed by atoms with Crippen molar-refractivity contribution in [1.82, 2.24) is 0 Å². The highest BCUT2D eigenvalue weighted by Gasteiger charge is 2.11. The number of hydrogen-bond donors (Lipinski definition) is 0. The number of amides is 1. The molecule has 1 heterocycles. The molecule has 1 aromatic rings. The molecule has 0 spiro atoms. The summed E-state index contributed by atoms with van der Waals surface area (Å²) in [4.78, 5) is 12.5. The number of nitrogens with zero attached hydrogens (tertiary/aromatic N) is 1. The summed E-state index contributed by atoms with van der Waals surface area (Å²) in [6, 6.07) is 3.74. The highest BCUT2D eigenvalue weighted by Crippen LogP contribution is 2.29. The van der Waals surface area contributed by atoms with E-state index >= 15 is 0 Å². The average Bonchev–Trinajstić information content (AvgIpc) is 2.49. The van der Waals surface area contributed by atoms with Crippen molar-refractivity contribution in [3.8, 4) is 0 Å². The second kappa shape index (κ2) is 3.91. The van der Waals surface area contributed by atoms with Gasteiger partial charge in [0.15, 0.2) is 0 Å². The Balaban J connectivity index is 2.77. The Morgan fingerprint density at radius 3 is 2.75 bits per heavy atom. The molecule has 0 aliphatic heterocycles. The Kier molecular flexibility index (Phi) is 3.11. The maximum atomic E-state index is 11.0. The minimum absolute atomic E-state index is 0.357. The van der Waals surface area contributed by atoms with Crippen LogP contribution >= 0.6 is 27.3 Å². The van der Waals surface area contributed by atoms with E-state index in [0.29, 0.717) is 0 Å². The van der Waals surface area contributed by atoms with Crippen LogP contribution in [0, 0.1) is 0 Å². The van der Waals surface area contributed by atoms with Gasteiger partial charge in [-0.25, -0.2) is 4.79 Å². The number of rotatable bonds is 1. The van der Waals surface area contributed by atoms with Gasteiger partial charge in [-0.05, 0) is 28.1 Å². The molecule has 0 aromatic carbocycles. The third-order valence-corrected chi connectivity index (χ3v) is 3.04. The predicted molar refractivity (Wildman–Crippen MR) is 52.8 cm³/mol. The molecule has 0 aliphatic carbocycles. The lowest BCUT2D eigenvalue weighted by Gasteiger charge is -2.11. The zero-order valence-electron chi connectivity index (χ0n) is 6.70. The van der Waals surface area contributed by atoms with Crippen molar-refractivity contribution < 1.29 is 9.53 Å². The lowest BCUT2D eigenvalue weighted by molar-refractivity contribution is 0.180. The zero-order chi connectivity index (χ0) is 9.14. The van der Waals surface area contributed by atoms with Crippen LogP contribution in [0.5, 0.6) is 0 Å². The van der Waals surface area contributed by atoms with Gasteiger partial charge >= 0.3 is 6.09 Å². The fourth-order valence-electron chi connectivity index (χ4n) is 0.712. The Hall–Kier alpha value is -0.550. The molecule has 0 atom stereocenters. The maximum absolute atomic E-state index is 11.0. The molecule has 5 heteroatoms. The van der Waals surface area contributed by atoms with Gasteiger partial charge in [-0.2, -0.15) is 0 Å². The van der Waals surface area contributed by atoms with Crippen molar-refractivity contribution in [2.24, 2.45) is 0 Å². The summed E-state index contributed by atoms with van der Waals surface area (Å²) in [5.74, 6) is 0. The minimum Gasteiger partial charge on any atom is -0.452 e. The van der Waals surface area contributed by atoms with Gasteiger partial charge in [0.2, 0.25) is 0 Å². The number of hydrogen-bond acceptors (Lipinski definition) is 3. The number of ether oxygens (including phenoxy) is 1. The second-order valence-electron chi connectivity index (χ2n) is 2.11. The third-order valence-electron chi connectivity index (χ3n) is 1.34. The van der Waals surface area contributed by atoms with Crippen LogP contribution in [-0.2, 0) is 4.74 Å². The molecule has 0 saturated heterocycles. The molecular formula is C7H8BrNO2S. The van der Waals surface area contributed by atoms with Gasteiger partial charge in [0.1, 0.15) is 5.00 Å². The van der Waals surface area contributed by atoms with Crippen LogP contribution in [0.1, 0.15) is 0 Å². The smallest absolute Gasteiger partial charge is 0.414 e. The highest BCUT2D eigenvalue weighted by molar-refractivity contribution is 9.11. The van der Waals surface area contributed by atoms with E-state index in [-0.39, 0.29) is 6.09 Å². The van der Waals surface area contributed by atoms with Crippen LogP contribution < -0.4 is 4.90 Å². The standard InChI is InChI=1S/C7H8BrNO2S/c1-9(7(10)11-2)6-4-3-5(8)12-6/h3-4H,1-2H3. The third kappa shape index (κ3) is 1.98. The molecular weight excluding hydrogens is 242 g/mol. The number of carbonyl (C=O) groups is 1. The Bertz CT molecular complexity index is 287. The molecule has 1 rings (SSSR count). The van der Waals surface area contributed by atoms with Crippen LogP contribution in [0.15, 0.2) is 15.9 Å². The van der Waals surface area contributed by atoms with E-state index in [1.165, 1.54) is 23.3 Å². The van der Waals surface area contributed by atoms with Crippen LogP contribution in [0.3, 0.4) is 0 Å². The summed E-state index contributed by atoms with van der Waals surface area (Å²) in [6.07, 6.45) is -0.357. The van der Waals surface area contributed by atoms with E-state index in [4.69, 9.17) is 0 Å². The lowest BCUT2D eigenvalue weighted by Crippen LogP contribution is -2.24. The van der Waals surface area contributed by atoms with Gasteiger partial charge in [-0.15, -0.1) is 11.3 Å². The predicted octanol–water partition coefficient (Wildman–Crippen LogP) is 2.71. The van der Waals surface area contributed by atoms with Crippen molar-refractivity contribution in [3.05, 3.63) is 15.9 Å². The Labute approximate surface area is 83.1 Å². The first-order chi connectivity index (χ1) is 5.65. The van der Waals surface area contributed by atoms with Gasteiger partial charge in [-0.3, -0.25) is 4.90 Å². The maximum Gasteiger partial charge on any atom is 0.414 e. The summed E-state index contributed by atoms with van der Waals surface area (Å²) in [7, 11) is 3.03. The van der Waals surface area contributed by atoms with Crippen molar-refractivity contribution in [3.63, 3.8) is 0 Å². The van der Waals surface area contributed by atoms with Gasteiger partial charge in [0.05, 0.1) is 10.9 Å². The van der Waals surface area contributed by atoms with E-state index in [1.807, 2.05) is 12.1 Å². The molecule has 0 N–H and O–H groups in total. The number of carbonyl (C=O) groups excluding carboxylic acids is 1.